The van der Waals surface area contributed by atoms with Crippen LogP contribution in [0.5, 0.6) is 0 Å². The molecule has 272 valence electrons. The molecule has 0 radical (unpaired) electrons. The average molecular weight is 739 g/mol. The maximum Gasteiger partial charge on any atom is 0.0782 e. The van der Waals surface area contributed by atoms with E-state index in [1.165, 1.54) is 71.2 Å². The lowest BCUT2D eigenvalue weighted by Gasteiger charge is -2.29. The fourth-order valence-electron chi connectivity index (χ4n) is 9.01. The van der Waals surface area contributed by atoms with E-state index in [1.54, 1.807) is 0 Å². The van der Waals surface area contributed by atoms with Crippen LogP contribution >= 0.6 is 0 Å². The number of anilines is 3. The first-order chi connectivity index (χ1) is 28.8. The molecule has 2 nitrogen and oxygen atoms in total. The van der Waals surface area contributed by atoms with Gasteiger partial charge >= 0.3 is 0 Å². The molecule has 0 spiro atoms. The number of fused-ring (bicyclic) bond motifs is 6. The lowest BCUT2D eigenvalue weighted by molar-refractivity contribution is 1.17. The Morgan fingerprint density at radius 3 is 1.55 bits per heavy atom. The number of benzene rings is 10. The van der Waals surface area contributed by atoms with Gasteiger partial charge in [0.1, 0.15) is 0 Å². The second-order valence-electron chi connectivity index (χ2n) is 14.9. The van der Waals surface area contributed by atoms with Crippen LogP contribution in [0, 0.1) is 0 Å². The summed E-state index contributed by atoms with van der Waals surface area (Å²) in [5, 5.41) is 7.46. The van der Waals surface area contributed by atoms with E-state index in [1.807, 2.05) is 0 Å². The van der Waals surface area contributed by atoms with Crippen molar-refractivity contribution in [3.05, 3.63) is 231 Å². The molecule has 0 atom stereocenters. The molecule has 0 fully saturated rings. The zero-order valence-electron chi connectivity index (χ0n) is 31.8. The molecule has 11 aromatic rings. The van der Waals surface area contributed by atoms with E-state index in [0.717, 1.165) is 28.3 Å². The van der Waals surface area contributed by atoms with Gasteiger partial charge in [0.15, 0.2) is 0 Å². The topological polar surface area (TPSA) is 8.17 Å². The Bertz CT molecular complexity index is 3250. The molecule has 0 amide bonds. The standard InChI is InChI=1S/C56H38N2/c1-4-17-39(18-5-1)46-26-12-13-31-51(46)57(45-36-33-42(34-37-45)48-29-15-23-43-22-14-28-47(54(43)48)40-19-6-2-7-20-40)53-32-16-30-50-55-49-27-11-10-21-41(49)35-38-52(55)58(56(50)53)44-24-8-3-9-25-44/h1-38H. The summed E-state index contributed by atoms with van der Waals surface area (Å²) in [7, 11) is 0. The number of aromatic nitrogens is 1. The molecule has 0 aliphatic rings. The second kappa shape index (κ2) is 14.1. The van der Waals surface area contributed by atoms with Crippen LogP contribution in [-0.2, 0) is 0 Å². The second-order valence-corrected chi connectivity index (χ2v) is 14.9. The molecule has 0 unspecified atom stereocenters. The van der Waals surface area contributed by atoms with Crippen molar-refractivity contribution in [2.45, 2.75) is 0 Å². The van der Waals surface area contributed by atoms with Gasteiger partial charge in [-0.2, -0.15) is 0 Å². The van der Waals surface area contributed by atoms with Crippen molar-refractivity contribution in [3.8, 4) is 39.1 Å². The highest BCUT2D eigenvalue weighted by atomic mass is 15.2. The number of rotatable bonds is 7. The number of nitrogens with zero attached hydrogens (tertiary/aromatic N) is 2. The third-order valence-corrected chi connectivity index (χ3v) is 11.6. The maximum absolute atomic E-state index is 2.47. The summed E-state index contributed by atoms with van der Waals surface area (Å²) >= 11 is 0. The first kappa shape index (κ1) is 33.6. The quantitative estimate of drug-likeness (QED) is 0.158. The highest BCUT2D eigenvalue weighted by molar-refractivity contribution is 6.24. The highest BCUT2D eigenvalue weighted by Crippen LogP contribution is 2.48. The molecule has 11 rings (SSSR count). The van der Waals surface area contributed by atoms with Gasteiger partial charge in [-0.1, -0.05) is 188 Å². The summed E-state index contributed by atoms with van der Waals surface area (Å²) in [4.78, 5) is 2.47. The van der Waals surface area contributed by atoms with Gasteiger partial charge in [0.05, 0.1) is 22.4 Å². The molecule has 0 aliphatic heterocycles. The van der Waals surface area contributed by atoms with Gasteiger partial charge in [0, 0.05) is 27.7 Å². The van der Waals surface area contributed by atoms with Crippen molar-refractivity contribution in [1.29, 1.82) is 0 Å². The predicted molar refractivity (Wildman–Crippen MR) is 247 cm³/mol. The van der Waals surface area contributed by atoms with E-state index in [-0.39, 0.29) is 0 Å². The molecule has 1 heterocycles. The molecule has 2 heteroatoms. The third kappa shape index (κ3) is 5.57. The Balaban J connectivity index is 1.18. The van der Waals surface area contributed by atoms with Crippen molar-refractivity contribution in [3.63, 3.8) is 0 Å². The first-order valence-electron chi connectivity index (χ1n) is 19.9. The minimum absolute atomic E-state index is 1.08. The Kier molecular flexibility index (Phi) is 8.19. The van der Waals surface area contributed by atoms with Gasteiger partial charge in [-0.25, -0.2) is 0 Å². The van der Waals surface area contributed by atoms with Crippen LogP contribution in [0.3, 0.4) is 0 Å². The van der Waals surface area contributed by atoms with Crippen LogP contribution in [0.4, 0.5) is 17.1 Å². The minimum Gasteiger partial charge on any atom is -0.308 e. The molecular weight excluding hydrogens is 701 g/mol. The van der Waals surface area contributed by atoms with E-state index in [2.05, 4.69) is 240 Å². The average Bonchev–Trinajstić information content (AvgIpc) is 3.66. The highest BCUT2D eigenvalue weighted by Gasteiger charge is 2.24. The largest absolute Gasteiger partial charge is 0.308 e. The van der Waals surface area contributed by atoms with Crippen LogP contribution < -0.4 is 4.90 Å². The summed E-state index contributed by atoms with van der Waals surface area (Å²) in [6.07, 6.45) is 0. The molecule has 0 saturated heterocycles. The van der Waals surface area contributed by atoms with Gasteiger partial charge in [0.2, 0.25) is 0 Å². The summed E-state index contributed by atoms with van der Waals surface area (Å²) in [5.74, 6) is 0. The zero-order chi connectivity index (χ0) is 38.4. The van der Waals surface area contributed by atoms with Gasteiger partial charge in [-0.3, -0.25) is 0 Å². The molecule has 1 aromatic heterocycles. The van der Waals surface area contributed by atoms with Crippen LogP contribution in [-0.4, -0.2) is 4.57 Å². The molecule has 0 bridgehead atoms. The van der Waals surface area contributed by atoms with E-state index in [9.17, 15) is 0 Å². The Morgan fingerprint density at radius 2 is 0.828 bits per heavy atom. The number of para-hydroxylation sites is 3. The normalized spacial score (nSPS) is 11.4. The van der Waals surface area contributed by atoms with Crippen molar-refractivity contribution in [2.24, 2.45) is 0 Å². The fourth-order valence-corrected chi connectivity index (χ4v) is 9.01. The number of hydrogen-bond acceptors (Lipinski definition) is 1. The Labute approximate surface area is 338 Å². The van der Waals surface area contributed by atoms with Gasteiger partial charge in [-0.15, -0.1) is 0 Å². The molecular formula is C56H38N2. The smallest absolute Gasteiger partial charge is 0.0782 e. The Hall–Kier alpha value is -7.68. The minimum atomic E-state index is 1.08. The maximum atomic E-state index is 2.47. The molecule has 0 saturated carbocycles. The van der Waals surface area contributed by atoms with Crippen LogP contribution in [0.25, 0.3) is 82.4 Å². The zero-order valence-corrected chi connectivity index (χ0v) is 31.8. The number of hydrogen-bond donors (Lipinski definition) is 0. The summed E-state index contributed by atoms with van der Waals surface area (Å²) < 4.78 is 2.46. The lowest BCUT2D eigenvalue weighted by atomic mass is 9.91. The third-order valence-electron chi connectivity index (χ3n) is 11.6. The Morgan fingerprint density at radius 1 is 0.310 bits per heavy atom. The van der Waals surface area contributed by atoms with Gasteiger partial charge < -0.3 is 9.47 Å². The molecule has 0 N–H and O–H groups in total. The van der Waals surface area contributed by atoms with E-state index in [4.69, 9.17) is 0 Å². The van der Waals surface area contributed by atoms with Gasteiger partial charge in [0.25, 0.3) is 0 Å². The van der Waals surface area contributed by atoms with Crippen LogP contribution in [0.1, 0.15) is 0 Å². The predicted octanol–water partition coefficient (Wildman–Crippen LogP) is 15.6. The molecule has 10 aromatic carbocycles. The van der Waals surface area contributed by atoms with E-state index < -0.39 is 0 Å². The lowest BCUT2D eigenvalue weighted by Crippen LogP contribution is -2.13. The van der Waals surface area contributed by atoms with Crippen LogP contribution in [0.2, 0.25) is 0 Å². The van der Waals surface area contributed by atoms with Crippen LogP contribution in [0.15, 0.2) is 231 Å². The van der Waals surface area contributed by atoms with Crippen molar-refractivity contribution < 1.29 is 0 Å². The molecule has 58 heavy (non-hydrogen) atoms. The summed E-state index contributed by atoms with van der Waals surface area (Å²) in [5.41, 5.74) is 14.0. The SMILES string of the molecule is c1ccc(-c2ccccc2N(c2ccc(-c3cccc4cccc(-c5ccccc5)c34)cc2)c2cccc3c4c5ccccc5ccc4n(-c4ccccc4)c23)cc1. The monoisotopic (exact) mass is 738 g/mol. The van der Waals surface area contributed by atoms with Crippen molar-refractivity contribution in [1.82, 2.24) is 4.57 Å². The summed E-state index contributed by atoms with van der Waals surface area (Å²) in [6.45, 7) is 0. The van der Waals surface area contributed by atoms with Gasteiger partial charge in [-0.05, 0) is 91.8 Å². The summed E-state index contributed by atoms with van der Waals surface area (Å²) in [6, 6.07) is 83.7. The van der Waals surface area contributed by atoms with E-state index in [0.29, 0.717) is 0 Å². The van der Waals surface area contributed by atoms with Crippen molar-refractivity contribution >= 4 is 60.4 Å². The molecule has 0 aliphatic carbocycles. The van der Waals surface area contributed by atoms with Crippen molar-refractivity contribution in [2.75, 3.05) is 4.90 Å². The van der Waals surface area contributed by atoms with E-state index >= 15 is 0 Å². The fraction of sp³-hybridized carbons (Fsp3) is 0. The first-order valence-corrected chi connectivity index (χ1v) is 19.9.